The Morgan fingerprint density at radius 1 is 1.33 bits per heavy atom. The second-order valence-electron chi connectivity index (χ2n) is 5.79. The summed E-state index contributed by atoms with van der Waals surface area (Å²) in [5.41, 5.74) is 8.32. The monoisotopic (exact) mass is 289 g/mol. The quantitative estimate of drug-likeness (QED) is 0.866. The predicted octanol–water partition coefficient (Wildman–Crippen LogP) is 3.13. The van der Waals surface area contributed by atoms with E-state index >= 15 is 0 Å². The van der Waals surface area contributed by atoms with Crippen LogP contribution in [-0.2, 0) is 0 Å². The maximum Gasteiger partial charge on any atom is 0.256 e. The standard InChI is InChI=1S/C17H27N3O/c1-4-19(5-2)16-10-9-14(18)12-15(16)17(21)20-11-7-6-8-13(20)3/h9-10,12-13H,4-8,11,18H2,1-3H3/t13-/m1/s1. The van der Waals surface area contributed by atoms with Crippen molar-refractivity contribution in [3.8, 4) is 0 Å². The zero-order valence-electron chi connectivity index (χ0n) is 13.4. The summed E-state index contributed by atoms with van der Waals surface area (Å²) in [6, 6.07) is 6.00. The van der Waals surface area contributed by atoms with Gasteiger partial charge in [-0.1, -0.05) is 0 Å². The van der Waals surface area contributed by atoms with Crippen LogP contribution >= 0.6 is 0 Å². The third-order valence-corrected chi connectivity index (χ3v) is 4.42. The molecule has 0 unspecified atom stereocenters. The lowest BCUT2D eigenvalue weighted by atomic mass is 10.0. The Hall–Kier alpha value is -1.71. The van der Waals surface area contributed by atoms with Crippen molar-refractivity contribution in [1.82, 2.24) is 4.90 Å². The molecular weight excluding hydrogens is 262 g/mol. The van der Waals surface area contributed by atoms with Gasteiger partial charge in [0.2, 0.25) is 0 Å². The van der Waals surface area contributed by atoms with Crippen molar-refractivity contribution in [1.29, 1.82) is 0 Å². The van der Waals surface area contributed by atoms with Crippen LogP contribution < -0.4 is 10.6 Å². The Morgan fingerprint density at radius 2 is 2.05 bits per heavy atom. The van der Waals surface area contributed by atoms with Crippen molar-refractivity contribution in [2.24, 2.45) is 0 Å². The molecule has 0 aromatic heterocycles. The Kier molecular flexibility index (Phi) is 5.10. The van der Waals surface area contributed by atoms with E-state index in [2.05, 4.69) is 25.7 Å². The number of hydrogen-bond donors (Lipinski definition) is 1. The smallest absolute Gasteiger partial charge is 0.256 e. The van der Waals surface area contributed by atoms with Gasteiger partial charge in [-0.15, -0.1) is 0 Å². The number of carbonyl (C=O) groups is 1. The minimum atomic E-state index is 0.122. The highest BCUT2D eigenvalue weighted by Crippen LogP contribution is 2.27. The molecule has 21 heavy (non-hydrogen) atoms. The predicted molar refractivity (Wildman–Crippen MR) is 88.8 cm³/mol. The first-order valence-electron chi connectivity index (χ1n) is 8.03. The number of anilines is 2. The van der Waals surface area contributed by atoms with Gasteiger partial charge in [-0.3, -0.25) is 4.79 Å². The van der Waals surface area contributed by atoms with Crippen molar-refractivity contribution in [2.45, 2.75) is 46.1 Å². The second kappa shape index (κ2) is 6.83. The molecule has 0 aliphatic carbocycles. The van der Waals surface area contributed by atoms with E-state index in [1.165, 1.54) is 6.42 Å². The molecule has 2 rings (SSSR count). The summed E-state index contributed by atoms with van der Waals surface area (Å²) in [6.45, 7) is 8.98. The lowest BCUT2D eigenvalue weighted by molar-refractivity contribution is 0.0636. The first kappa shape index (κ1) is 15.7. The molecule has 1 aromatic rings. The van der Waals surface area contributed by atoms with Gasteiger partial charge in [0.05, 0.1) is 5.56 Å². The van der Waals surface area contributed by atoms with Gasteiger partial charge >= 0.3 is 0 Å². The van der Waals surface area contributed by atoms with E-state index in [1.807, 2.05) is 23.1 Å². The van der Waals surface area contributed by atoms with Crippen molar-refractivity contribution < 1.29 is 4.79 Å². The van der Waals surface area contributed by atoms with Crippen LogP contribution in [0.2, 0.25) is 0 Å². The third-order valence-electron chi connectivity index (χ3n) is 4.42. The minimum absolute atomic E-state index is 0.122. The molecular formula is C17H27N3O. The van der Waals surface area contributed by atoms with Gasteiger partial charge in [-0.2, -0.15) is 0 Å². The zero-order valence-corrected chi connectivity index (χ0v) is 13.4. The highest BCUT2D eigenvalue weighted by atomic mass is 16.2. The van der Waals surface area contributed by atoms with Crippen LogP contribution in [0, 0.1) is 0 Å². The molecule has 116 valence electrons. The summed E-state index contributed by atoms with van der Waals surface area (Å²) in [7, 11) is 0. The van der Waals surface area contributed by atoms with E-state index in [0.717, 1.165) is 43.7 Å². The number of amides is 1. The number of carbonyl (C=O) groups excluding carboxylic acids is 1. The summed E-state index contributed by atoms with van der Waals surface area (Å²) < 4.78 is 0. The Balaban J connectivity index is 2.36. The number of benzene rings is 1. The largest absolute Gasteiger partial charge is 0.399 e. The Bertz CT molecular complexity index is 497. The highest BCUT2D eigenvalue weighted by Gasteiger charge is 2.26. The summed E-state index contributed by atoms with van der Waals surface area (Å²) >= 11 is 0. The first-order valence-corrected chi connectivity index (χ1v) is 8.03. The van der Waals surface area contributed by atoms with Gasteiger partial charge < -0.3 is 15.5 Å². The number of nitrogens with two attached hydrogens (primary N) is 1. The molecule has 1 aromatic carbocycles. The van der Waals surface area contributed by atoms with Gasteiger partial charge in [-0.25, -0.2) is 0 Å². The van der Waals surface area contributed by atoms with E-state index < -0.39 is 0 Å². The fourth-order valence-corrected chi connectivity index (χ4v) is 3.12. The van der Waals surface area contributed by atoms with Gasteiger partial charge in [0.15, 0.2) is 0 Å². The Labute approximate surface area is 127 Å². The molecule has 1 aliphatic rings. The van der Waals surface area contributed by atoms with Crippen LogP contribution in [0.15, 0.2) is 18.2 Å². The molecule has 1 saturated heterocycles. The van der Waals surface area contributed by atoms with Crippen molar-refractivity contribution in [3.63, 3.8) is 0 Å². The summed E-state index contributed by atoms with van der Waals surface area (Å²) in [5.74, 6) is 0.122. The number of nitrogen functional groups attached to an aromatic ring is 1. The van der Waals surface area contributed by atoms with Crippen LogP contribution in [0.1, 0.15) is 50.4 Å². The van der Waals surface area contributed by atoms with E-state index in [4.69, 9.17) is 5.73 Å². The number of hydrogen-bond acceptors (Lipinski definition) is 3. The van der Waals surface area contributed by atoms with Gasteiger partial charge in [0.1, 0.15) is 0 Å². The fourth-order valence-electron chi connectivity index (χ4n) is 3.12. The third kappa shape index (κ3) is 3.31. The summed E-state index contributed by atoms with van der Waals surface area (Å²) in [5, 5.41) is 0. The van der Waals surface area contributed by atoms with E-state index in [1.54, 1.807) is 0 Å². The van der Waals surface area contributed by atoms with E-state index in [0.29, 0.717) is 11.7 Å². The molecule has 1 fully saturated rings. The van der Waals surface area contributed by atoms with Gasteiger partial charge in [-0.05, 0) is 58.2 Å². The fraction of sp³-hybridized carbons (Fsp3) is 0.588. The van der Waals surface area contributed by atoms with Crippen LogP contribution in [0.25, 0.3) is 0 Å². The highest BCUT2D eigenvalue weighted by molar-refractivity contribution is 6.01. The van der Waals surface area contributed by atoms with Crippen molar-refractivity contribution in [2.75, 3.05) is 30.3 Å². The van der Waals surface area contributed by atoms with Crippen LogP contribution in [0.4, 0.5) is 11.4 Å². The molecule has 1 heterocycles. The molecule has 4 nitrogen and oxygen atoms in total. The molecule has 1 amide bonds. The molecule has 0 radical (unpaired) electrons. The maximum absolute atomic E-state index is 13.0. The maximum atomic E-state index is 13.0. The van der Waals surface area contributed by atoms with Crippen LogP contribution in [0.5, 0.6) is 0 Å². The average Bonchev–Trinajstić information content (AvgIpc) is 2.49. The lowest BCUT2D eigenvalue weighted by Gasteiger charge is -2.35. The zero-order chi connectivity index (χ0) is 15.4. The van der Waals surface area contributed by atoms with Gasteiger partial charge in [0.25, 0.3) is 5.91 Å². The minimum Gasteiger partial charge on any atom is -0.399 e. The van der Waals surface area contributed by atoms with E-state index in [-0.39, 0.29) is 5.91 Å². The number of rotatable bonds is 4. The average molecular weight is 289 g/mol. The number of nitrogens with zero attached hydrogens (tertiary/aromatic N) is 2. The van der Waals surface area contributed by atoms with Crippen molar-refractivity contribution in [3.05, 3.63) is 23.8 Å². The molecule has 2 N–H and O–H groups in total. The van der Waals surface area contributed by atoms with Crippen LogP contribution in [0.3, 0.4) is 0 Å². The van der Waals surface area contributed by atoms with E-state index in [9.17, 15) is 4.79 Å². The molecule has 1 aliphatic heterocycles. The second-order valence-corrected chi connectivity index (χ2v) is 5.79. The van der Waals surface area contributed by atoms with Crippen LogP contribution in [-0.4, -0.2) is 36.5 Å². The molecule has 0 bridgehead atoms. The van der Waals surface area contributed by atoms with Gasteiger partial charge in [0, 0.05) is 37.1 Å². The Morgan fingerprint density at radius 3 is 2.67 bits per heavy atom. The molecule has 4 heteroatoms. The number of likely N-dealkylation sites (tertiary alicyclic amines) is 1. The summed E-state index contributed by atoms with van der Waals surface area (Å²) in [6.07, 6.45) is 3.40. The summed E-state index contributed by atoms with van der Waals surface area (Å²) in [4.78, 5) is 17.2. The lowest BCUT2D eigenvalue weighted by Crippen LogP contribution is -2.42. The topological polar surface area (TPSA) is 49.6 Å². The van der Waals surface area contributed by atoms with Crippen molar-refractivity contribution >= 4 is 17.3 Å². The molecule has 1 atom stereocenters. The molecule has 0 spiro atoms. The first-order chi connectivity index (χ1) is 10.1. The normalized spacial score (nSPS) is 18.6. The molecule has 0 saturated carbocycles. The number of piperidine rings is 1. The SMILES string of the molecule is CCN(CC)c1ccc(N)cc1C(=O)N1CCCC[C@H]1C.